The Hall–Kier alpha value is -2.57. The fraction of sp³-hybridized carbons (Fsp3) is 0.385. The molecule has 2 aromatic rings. The molecule has 0 bridgehead atoms. The SMILES string of the molecule is O=C(O)CCCSCCN1C(=O)CC[C@@H]1C=C[C@@H](O)Cc1cccc(-c2ccccc2)c1. The zero-order chi connectivity index (χ0) is 22.8. The zero-order valence-corrected chi connectivity index (χ0v) is 19.0. The van der Waals surface area contributed by atoms with Crippen LogP contribution in [0.15, 0.2) is 66.7 Å². The Morgan fingerprint density at radius 2 is 1.91 bits per heavy atom. The fourth-order valence-corrected chi connectivity index (χ4v) is 4.79. The lowest BCUT2D eigenvalue weighted by Crippen LogP contribution is -2.34. The summed E-state index contributed by atoms with van der Waals surface area (Å²) in [6, 6.07) is 18.4. The van der Waals surface area contributed by atoms with Gasteiger partial charge in [0.05, 0.1) is 12.1 Å². The lowest BCUT2D eigenvalue weighted by atomic mass is 10.00. The van der Waals surface area contributed by atoms with Crippen LogP contribution in [0.3, 0.4) is 0 Å². The third-order valence-corrected chi connectivity index (χ3v) is 6.61. The van der Waals surface area contributed by atoms with Crippen molar-refractivity contribution in [3.63, 3.8) is 0 Å². The van der Waals surface area contributed by atoms with E-state index in [1.807, 2.05) is 47.4 Å². The first-order chi connectivity index (χ1) is 15.5. The number of benzene rings is 2. The minimum Gasteiger partial charge on any atom is -0.481 e. The van der Waals surface area contributed by atoms with Gasteiger partial charge in [0.25, 0.3) is 0 Å². The molecule has 1 amide bonds. The van der Waals surface area contributed by atoms with E-state index in [-0.39, 0.29) is 18.4 Å². The summed E-state index contributed by atoms with van der Waals surface area (Å²) in [6.07, 6.45) is 5.84. The zero-order valence-electron chi connectivity index (χ0n) is 18.2. The van der Waals surface area contributed by atoms with Crippen LogP contribution in [0.4, 0.5) is 0 Å². The molecule has 1 saturated heterocycles. The van der Waals surface area contributed by atoms with Crippen LogP contribution in [0.1, 0.15) is 31.2 Å². The molecular weight excluding hydrogens is 422 g/mol. The number of hydrogen-bond donors (Lipinski definition) is 2. The number of carbonyl (C=O) groups excluding carboxylic acids is 1. The first-order valence-corrected chi connectivity index (χ1v) is 12.3. The number of aliphatic hydroxyl groups excluding tert-OH is 1. The van der Waals surface area contributed by atoms with Crippen LogP contribution in [0.2, 0.25) is 0 Å². The number of carboxylic acid groups (broad SMARTS) is 1. The number of rotatable bonds is 12. The minimum absolute atomic E-state index is 0.0208. The Morgan fingerprint density at radius 1 is 1.12 bits per heavy atom. The van der Waals surface area contributed by atoms with Crippen LogP contribution in [0.25, 0.3) is 11.1 Å². The smallest absolute Gasteiger partial charge is 0.303 e. The number of hydrogen-bond acceptors (Lipinski definition) is 4. The Balaban J connectivity index is 1.49. The second-order valence-electron chi connectivity index (χ2n) is 8.03. The molecule has 0 aliphatic carbocycles. The molecule has 1 heterocycles. The van der Waals surface area contributed by atoms with E-state index < -0.39 is 12.1 Å². The maximum atomic E-state index is 12.2. The van der Waals surface area contributed by atoms with Gasteiger partial charge in [-0.15, -0.1) is 0 Å². The largest absolute Gasteiger partial charge is 0.481 e. The highest BCUT2D eigenvalue weighted by atomic mass is 32.2. The van der Waals surface area contributed by atoms with Crippen molar-refractivity contribution in [2.75, 3.05) is 18.1 Å². The first-order valence-electron chi connectivity index (χ1n) is 11.1. The van der Waals surface area contributed by atoms with E-state index in [1.54, 1.807) is 11.8 Å². The Morgan fingerprint density at radius 3 is 2.69 bits per heavy atom. The van der Waals surface area contributed by atoms with Gasteiger partial charge in [0.2, 0.25) is 5.91 Å². The predicted octanol–water partition coefficient (Wildman–Crippen LogP) is 4.40. The number of aliphatic hydroxyl groups is 1. The van der Waals surface area contributed by atoms with Crippen LogP contribution in [0, 0.1) is 0 Å². The van der Waals surface area contributed by atoms with Crippen LogP contribution in [-0.2, 0) is 16.0 Å². The van der Waals surface area contributed by atoms with Gasteiger partial charge in [-0.3, -0.25) is 9.59 Å². The minimum atomic E-state index is -0.768. The number of thioether (sulfide) groups is 1. The molecule has 6 heteroatoms. The Labute approximate surface area is 194 Å². The van der Waals surface area contributed by atoms with Gasteiger partial charge in [0, 0.05) is 31.6 Å². The van der Waals surface area contributed by atoms with Crippen molar-refractivity contribution in [1.29, 1.82) is 0 Å². The number of carbonyl (C=O) groups is 2. The van der Waals surface area contributed by atoms with Crippen molar-refractivity contribution >= 4 is 23.6 Å². The van der Waals surface area contributed by atoms with E-state index in [0.29, 0.717) is 25.8 Å². The molecule has 5 nitrogen and oxygen atoms in total. The van der Waals surface area contributed by atoms with E-state index in [1.165, 1.54) is 0 Å². The average molecular weight is 454 g/mol. The summed E-state index contributed by atoms with van der Waals surface area (Å²) in [6.45, 7) is 0.654. The summed E-state index contributed by atoms with van der Waals surface area (Å²) < 4.78 is 0. The third-order valence-electron chi connectivity index (χ3n) is 5.56. The number of carboxylic acids is 1. The maximum absolute atomic E-state index is 12.2. The van der Waals surface area contributed by atoms with Crippen LogP contribution in [-0.4, -0.2) is 57.2 Å². The molecule has 1 aliphatic heterocycles. The van der Waals surface area contributed by atoms with Crippen molar-refractivity contribution < 1.29 is 19.8 Å². The van der Waals surface area contributed by atoms with E-state index >= 15 is 0 Å². The van der Waals surface area contributed by atoms with E-state index in [0.717, 1.165) is 34.6 Å². The van der Waals surface area contributed by atoms with Gasteiger partial charge in [-0.25, -0.2) is 0 Å². The van der Waals surface area contributed by atoms with Gasteiger partial charge < -0.3 is 15.1 Å². The number of likely N-dealkylation sites (tertiary alicyclic amines) is 1. The highest BCUT2D eigenvalue weighted by Gasteiger charge is 2.28. The van der Waals surface area contributed by atoms with Crippen molar-refractivity contribution in [3.8, 4) is 11.1 Å². The molecule has 2 N–H and O–H groups in total. The highest BCUT2D eigenvalue weighted by molar-refractivity contribution is 7.99. The second kappa shape index (κ2) is 12.5. The van der Waals surface area contributed by atoms with Gasteiger partial charge in [0.1, 0.15) is 0 Å². The van der Waals surface area contributed by atoms with Gasteiger partial charge in [-0.1, -0.05) is 66.7 Å². The van der Waals surface area contributed by atoms with Crippen molar-refractivity contribution in [3.05, 3.63) is 72.3 Å². The second-order valence-corrected chi connectivity index (χ2v) is 9.25. The number of aliphatic carboxylic acids is 1. The van der Waals surface area contributed by atoms with E-state index in [4.69, 9.17) is 5.11 Å². The number of amides is 1. The molecule has 1 aliphatic rings. The predicted molar refractivity (Wildman–Crippen MR) is 130 cm³/mol. The summed E-state index contributed by atoms with van der Waals surface area (Å²) >= 11 is 1.68. The molecule has 0 spiro atoms. The summed E-state index contributed by atoms with van der Waals surface area (Å²) in [5, 5.41) is 19.2. The van der Waals surface area contributed by atoms with Crippen molar-refractivity contribution in [2.45, 2.75) is 44.2 Å². The molecule has 2 atom stereocenters. The van der Waals surface area contributed by atoms with E-state index in [2.05, 4.69) is 24.3 Å². The van der Waals surface area contributed by atoms with Gasteiger partial charge >= 0.3 is 5.97 Å². The normalized spacial score (nSPS) is 17.2. The summed E-state index contributed by atoms with van der Waals surface area (Å²) in [5.74, 6) is 0.965. The third kappa shape index (κ3) is 7.53. The van der Waals surface area contributed by atoms with Crippen molar-refractivity contribution in [1.82, 2.24) is 4.90 Å². The van der Waals surface area contributed by atoms with Crippen molar-refractivity contribution in [2.24, 2.45) is 0 Å². The lowest BCUT2D eigenvalue weighted by molar-refractivity contribution is -0.137. The monoisotopic (exact) mass is 453 g/mol. The molecule has 32 heavy (non-hydrogen) atoms. The molecular formula is C26H31NO4S. The molecule has 0 unspecified atom stereocenters. The van der Waals surface area contributed by atoms with Crippen LogP contribution in [0.5, 0.6) is 0 Å². The van der Waals surface area contributed by atoms with Gasteiger partial charge in [-0.2, -0.15) is 11.8 Å². The molecule has 170 valence electrons. The Bertz CT molecular complexity index is 915. The summed E-state index contributed by atoms with van der Waals surface area (Å²) in [5.41, 5.74) is 3.36. The standard InChI is InChI=1S/C26H31NO4S/c28-24(19-20-6-4-9-22(18-20)21-7-2-1-3-8-21)13-11-23-12-14-25(29)27(23)15-17-32-16-5-10-26(30)31/h1-4,6-9,11,13,18,23-24,28H,5,10,12,14-17,19H2,(H,30,31)/t23-,24+/m0/s1. The van der Waals surface area contributed by atoms with Crippen LogP contribution < -0.4 is 0 Å². The molecule has 0 aromatic heterocycles. The van der Waals surface area contributed by atoms with Gasteiger partial charge in [0.15, 0.2) is 0 Å². The van der Waals surface area contributed by atoms with E-state index in [9.17, 15) is 14.7 Å². The first kappa shape index (κ1) is 24.1. The highest BCUT2D eigenvalue weighted by Crippen LogP contribution is 2.23. The molecule has 1 fully saturated rings. The topological polar surface area (TPSA) is 77.8 Å². The summed E-state index contributed by atoms with van der Waals surface area (Å²) in [7, 11) is 0. The lowest BCUT2D eigenvalue weighted by Gasteiger charge is -2.22. The summed E-state index contributed by atoms with van der Waals surface area (Å²) in [4.78, 5) is 24.7. The quantitative estimate of drug-likeness (QED) is 0.368. The maximum Gasteiger partial charge on any atom is 0.303 e. The molecule has 0 radical (unpaired) electrons. The fourth-order valence-electron chi connectivity index (χ4n) is 3.91. The molecule has 0 saturated carbocycles. The number of nitrogens with zero attached hydrogens (tertiary/aromatic N) is 1. The average Bonchev–Trinajstić information content (AvgIpc) is 3.14. The van der Waals surface area contributed by atoms with Gasteiger partial charge in [-0.05, 0) is 35.3 Å². The molecule has 3 rings (SSSR count). The van der Waals surface area contributed by atoms with Crippen LogP contribution >= 0.6 is 11.8 Å². The molecule has 2 aromatic carbocycles. The Kier molecular flexibility index (Phi) is 9.38.